The number of ether oxygens (including phenoxy) is 1. The molecule has 23 heavy (non-hydrogen) atoms. The highest BCUT2D eigenvalue weighted by atomic mass is 32.2. The molecule has 0 radical (unpaired) electrons. The average Bonchev–Trinajstić information content (AvgIpc) is 2.42. The molecule has 0 aliphatic heterocycles. The van der Waals surface area contributed by atoms with Crippen molar-refractivity contribution in [3.63, 3.8) is 0 Å². The predicted molar refractivity (Wildman–Crippen MR) is 79.8 cm³/mol. The van der Waals surface area contributed by atoms with Crippen LogP contribution in [0.3, 0.4) is 0 Å². The molecule has 0 heterocycles. The lowest BCUT2D eigenvalue weighted by Crippen LogP contribution is -2.21. The number of sulfonamides is 1. The van der Waals surface area contributed by atoms with Crippen LogP contribution in [0.4, 0.5) is 18.9 Å². The van der Waals surface area contributed by atoms with Crippen molar-refractivity contribution in [3.8, 4) is 5.75 Å². The monoisotopic (exact) mass is 345 g/mol. The number of rotatable bonds is 4. The lowest BCUT2D eigenvalue weighted by atomic mass is 10.1. The summed E-state index contributed by atoms with van der Waals surface area (Å²) in [5.41, 5.74) is 1.64. The van der Waals surface area contributed by atoms with Gasteiger partial charge in [0.2, 0.25) is 0 Å². The van der Waals surface area contributed by atoms with Crippen LogP contribution < -0.4 is 9.46 Å². The number of benzene rings is 2. The van der Waals surface area contributed by atoms with E-state index in [1.807, 2.05) is 0 Å². The molecule has 0 spiro atoms. The fourth-order valence-corrected chi connectivity index (χ4v) is 3.38. The summed E-state index contributed by atoms with van der Waals surface area (Å²) in [6, 6.07) is 9.74. The third-order valence-electron chi connectivity index (χ3n) is 3.08. The Morgan fingerprint density at radius 2 is 1.52 bits per heavy atom. The van der Waals surface area contributed by atoms with Crippen molar-refractivity contribution in [2.75, 3.05) is 4.72 Å². The molecule has 0 aromatic heterocycles. The van der Waals surface area contributed by atoms with Crippen LogP contribution in [0.2, 0.25) is 0 Å². The second-order valence-electron chi connectivity index (χ2n) is 4.87. The van der Waals surface area contributed by atoms with Crippen LogP contribution in [0.1, 0.15) is 11.1 Å². The second-order valence-corrected chi connectivity index (χ2v) is 6.52. The van der Waals surface area contributed by atoms with E-state index in [2.05, 4.69) is 9.46 Å². The number of hydrogen-bond acceptors (Lipinski definition) is 3. The van der Waals surface area contributed by atoms with E-state index in [4.69, 9.17) is 0 Å². The Hall–Kier alpha value is -2.22. The number of nitrogens with one attached hydrogen (secondary N) is 1. The molecule has 8 heteroatoms. The molecule has 0 bridgehead atoms. The van der Waals surface area contributed by atoms with Crippen LogP contribution in [0.25, 0.3) is 0 Å². The van der Waals surface area contributed by atoms with Gasteiger partial charge in [0.1, 0.15) is 10.6 Å². The summed E-state index contributed by atoms with van der Waals surface area (Å²) < 4.78 is 68.3. The first kappa shape index (κ1) is 17.1. The highest BCUT2D eigenvalue weighted by molar-refractivity contribution is 7.92. The summed E-state index contributed by atoms with van der Waals surface area (Å²) in [5, 5.41) is 0. The maximum absolute atomic E-state index is 12.5. The van der Waals surface area contributed by atoms with E-state index < -0.39 is 27.0 Å². The van der Waals surface area contributed by atoms with Crippen molar-refractivity contribution in [2.45, 2.75) is 25.1 Å². The Bertz CT molecular complexity index is 797. The van der Waals surface area contributed by atoms with Gasteiger partial charge in [0.15, 0.2) is 0 Å². The van der Waals surface area contributed by atoms with Crippen molar-refractivity contribution in [1.29, 1.82) is 0 Å². The first-order chi connectivity index (χ1) is 10.6. The highest BCUT2D eigenvalue weighted by Crippen LogP contribution is 2.31. The second kappa shape index (κ2) is 6.11. The predicted octanol–water partition coefficient (Wildman–Crippen LogP) is 4.00. The summed E-state index contributed by atoms with van der Waals surface area (Å²) in [6.07, 6.45) is -4.98. The lowest BCUT2D eigenvalue weighted by molar-refractivity contribution is -0.275. The molecule has 124 valence electrons. The molecular weight excluding hydrogens is 331 g/mol. The van der Waals surface area contributed by atoms with Crippen LogP contribution >= 0.6 is 0 Å². The van der Waals surface area contributed by atoms with E-state index in [1.54, 1.807) is 32.0 Å². The molecule has 2 rings (SSSR count). The van der Waals surface area contributed by atoms with Gasteiger partial charge in [-0.15, -0.1) is 13.2 Å². The third kappa shape index (κ3) is 4.16. The van der Waals surface area contributed by atoms with Gasteiger partial charge >= 0.3 is 6.36 Å². The Balaban J connectivity index is 2.45. The van der Waals surface area contributed by atoms with E-state index in [1.165, 1.54) is 12.1 Å². The zero-order chi connectivity index (χ0) is 17.3. The summed E-state index contributed by atoms with van der Waals surface area (Å²) in [4.78, 5) is -0.583. The topological polar surface area (TPSA) is 55.4 Å². The molecule has 0 saturated heterocycles. The van der Waals surface area contributed by atoms with Crippen molar-refractivity contribution in [1.82, 2.24) is 0 Å². The van der Waals surface area contributed by atoms with Gasteiger partial charge < -0.3 is 4.74 Å². The minimum atomic E-state index is -4.98. The van der Waals surface area contributed by atoms with Gasteiger partial charge in [-0.05, 0) is 37.1 Å². The highest BCUT2D eigenvalue weighted by Gasteiger charge is 2.34. The number of hydrogen-bond donors (Lipinski definition) is 1. The number of alkyl halides is 3. The SMILES string of the molecule is Cc1cccc(C)c1NS(=O)(=O)c1ccccc1OC(F)(F)F. The van der Waals surface area contributed by atoms with Gasteiger partial charge in [-0.25, -0.2) is 8.42 Å². The van der Waals surface area contributed by atoms with Gasteiger partial charge in [-0.1, -0.05) is 30.3 Å². The van der Waals surface area contributed by atoms with Gasteiger partial charge in [0, 0.05) is 0 Å². The minimum absolute atomic E-state index is 0.328. The Kier molecular flexibility index (Phi) is 4.56. The zero-order valence-electron chi connectivity index (χ0n) is 12.3. The minimum Gasteiger partial charge on any atom is -0.404 e. The molecule has 0 aliphatic carbocycles. The molecular formula is C15H14F3NO3S. The summed E-state index contributed by atoms with van der Waals surface area (Å²) in [6.45, 7) is 3.39. The first-order valence-electron chi connectivity index (χ1n) is 6.54. The van der Waals surface area contributed by atoms with Crippen molar-refractivity contribution >= 4 is 15.7 Å². The smallest absolute Gasteiger partial charge is 0.404 e. The third-order valence-corrected chi connectivity index (χ3v) is 4.47. The van der Waals surface area contributed by atoms with Gasteiger partial charge in [-0.2, -0.15) is 0 Å². The Morgan fingerprint density at radius 3 is 2.09 bits per heavy atom. The number of aryl methyl sites for hydroxylation is 2. The maximum atomic E-state index is 12.5. The van der Waals surface area contributed by atoms with E-state index in [0.717, 1.165) is 12.1 Å². The van der Waals surface area contributed by atoms with Gasteiger partial charge in [-0.3, -0.25) is 4.72 Å². The quantitative estimate of drug-likeness (QED) is 0.911. The number of halogens is 3. The summed E-state index contributed by atoms with van der Waals surface area (Å²) in [7, 11) is -4.24. The lowest BCUT2D eigenvalue weighted by Gasteiger charge is -2.16. The molecule has 0 amide bonds. The fourth-order valence-electron chi connectivity index (χ4n) is 2.05. The molecule has 0 atom stereocenters. The van der Waals surface area contributed by atoms with Gasteiger partial charge in [0.25, 0.3) is 10.0 Å². The summed E-state index contributed by atoms with van der Waals surface area (Å²) >= 11 is 0. The van der Waals surface area contributed by atoms with Crippen molar-refractivity contribution in [3.05, 3.63) is 53.6 Å². The molecule has 0 aliphatic rings. The van der Waals surface area contributed by atoms with Crippen molar-refractivity contribution < 1.29 is 26.3 Å². The first-order valence-corrected chi connectivity index (χ1v) is 8.02. The van der Waals surface area contributed by atoms with Crippen molar-refractivity contribution in [2.24, 2.45) is 0 Å². The van der Waals surface area contributed by atoms with Crippen LogP contribution in [0, 0.1) is 13.8 Å². The fraction of sp³-hybridized carbons (Fsp3) is 0.200. The van der Waals surface area contributed by atoms with E-state index in [0.29, 0.717) is 16.8 Å². The molecule has 0 fully saturated rings. The zero-order valence-corrected chi connectivity index (χ0v) is 13.1. The number of anilines is 1. The van der Waals surface area contributed by atoms with Gasteiger partial charge in [0.05, 0.1) is 5.69 Å². The maximum Gasteiger partial charge on any atom is 0.573 e. The Morgan fingerprint density at radius 1 is 0.957 bits per heavy atom. The largest absolute Gasteiger partial charge is 0.573 e. The van der Waals surface area contributed by atoms with E-state index in [9.17, 15) is 21.6 Å². The molecule has 2 aromatic rings. The molecule has 4 nitrogen and oxygen atoms in total. The van der Waals surface area contributed by atoms with E-state index >= 15 is 0 Å². The van der Waals surface area contributed by atoms with Crippen LogP contribution in [-0.2, 0) is 10.0 Å². The number of para-hydroxylation sites is 2. The standard InChI is InChI=1S/C15H14F3NO3S/c1-10-6-5-7-11(2)14(10)19-23(20,21)13-9-4-3-8-12(13)22-15(16,17)18/h3-9,19H,1-2H3. The molecule has 1 N–H and O–H groups in total. The van der Waals surface area contributed by atoms with Crippen LogP contribution in [-0.4, -0.2) is 14.8 Å². The van der Waals surface area contributed by atoms with E-state index in [-0.39, 0.29) is 0 Å². The molecule has 2 aromatic carbocycles. The Labute approximate surface area is 132 Å². The summed E-state index contributed by atoms with van der Waals surface area (Å²) in [5.74, 6) is -0.779. The molecule has 0 unspecified atom stereocenters. The molecule has 0 saturated carbocycles. The average molecular weight is 345 g/mol. The van der Waals surface area contributed by atoms with Crippen LogP contribution in [0.5, 0.6) is 5.75 Å². The normalized spacial score (nSPS) is 12.0. The van der Waals surface area contributed by atoms with Crippen LogP contribution in [0.15, 0.2) is 47.4 Å².